The number of benzene rings is 2. The van der Waals surface area contributed by atoms with Crippen molar-refractivity contribution in [3.63, 3.8) is 0 Å². The molecule has 1 heterocycles. The normalized spacial score (nSPS) is 10.4. The summed E-state index contributed by atoms with van der Waals surface area (Å²) >= 11 is 0. The number of nitrogens with zero attached hydrogens (tertiary/aromatic N) is 4. The molecule has 24 heavy (non-hydrogen) atoms. The number of nitrogens with one attached hydrogen (secondary N) is 1. The van der Waals surface area contributed by atoms with Gasteiger partial charge in [0.2, 0.25) is 0 Å². The summed E-state index contributed by atoms with van der Waals surface area (Å²) in [4.78, 5) is 12.0. The van der Waals surface area contributed by atoms with E-state index in [1.807, 2.05) is 38.1 Å². The fourth-order valence-corrected chi connectivity index (χ4v) is 2.39. The number of anilines is 1. The number of carbonyl (C=O) groups is 1. The van der Waals surface area contributed by atoms with Crippen LogP contribution in [0, 0.1) is 13.8 Å². The first-order valence-corrected chi connectivity index (χ1v) is 7.44. The summed E-state index contributed by atoms with van der Waals surface area (Å²) in [5.74, 6) is 0.353. The van der Waals surface area contributed by atoms with Crippen LogP contribution in [0.15, 0.2) is 48.8 Å². The van der Waals surface area contributed by atoms with E-state index in [-0.39, 0.29) is 12.5 Å². The molecule has 1 amide bonds. The quantitative estimate of drug-likeness (QED) is 0.779. The molecule has 3 aromatic rings. The average molecular weight is 323 g/mol. The Morgan fingerprint density at radius 1 is 1.17 bits per heavy atom. The van der Waals surface area contributed by atoms with Crippen LogP contribution < -0.4 is 10.1 Å². The SMILES string of the molecule is Cc1cc(C)cc(NC(=O)COc2cccc(-n3cnnn3)c2)c1. The molecular weight excluding hydrogens is 306 g/mol. The van der Waals surface area contributed by atoms with Crippen LogP contribution in [-0.4, -0.2) is 32.7 Å². The van der Waals surface area contributed by atoms with Gasteiger partial charge in [-0.25, -0.2) is 4.68 Å². The Bertz CT molecular complexity index is 826. The molecule has 122 valence electrons. The zero-order chi connectivity index (χ0) is 16.9. The first-order chi connectivity index (χ1) is 11.6. The third-order valence-electron chi connectivity index (χ3n) is 3.31. The molecule has 3 rings (SSSR count). The molecule has 7 heteroatoms. The molecule has 0 atom stereocenters. The van der Waals surface area contributed by atoms with E-state index < -0.39 is 0 Å². The van der Waals surface area contributed by atoms with E-state index in [2.05, 4.69) is 26.9 Å². The standard InChI is InChI=1S/C17H17N5O2/c1-12-6-13(2)8-14(7-12)19-17(23)10-24-16-5-3-4-15(9-16)22-11-18-20-21-22/h3-9,11H,10H2,1-2H3,(H,19,23). The zero-order valence-electron chi connectivity index (χ0n) is 13.4. The third-order valence-corrected chi connectivity index (χ3v) is 3.31. The van der Waals surface area contributed by atoms with Crippen LogP contribution >= 0.6 is 0 Å². The highest BCUT2D eigenvalue weighted by molar-refractivity contribution is 5.92. The Balaban J connectivity index is 1.61. The van der Waals surface area contributed by atoms with Crippen molar-refractivity contribution in [1.29, 1.82) is 0 Å². The van der Waals surface area contributed by atoms with Crippen LogP contribution in [0.2, 0.25) is 0 Å². The van der Waals surface area contributed by atoms with Crippen LogP contribution in [0.4, 0.5) is 5.69 Å². The van der Waals surface area contributed by atoms with Crippen LogP contribution in [0.25, 0.3) is 5.69 Å². The molecule has 0 aliphatic rings. The van der Waals surface area contributed by atoms with E-state index in [0.717, 1.165) is 22.5 Å². The highest BCUT2D eigenvalue weighted by atomic mass is 16.5. The van der Waals surface area contributed by atoms with Gasteiger partial charge in [0.05, 0.1) is 5.69 Å². The molecule has 0 bridgehead atoms. The van der Waals surface area contributed by atoms with Gasteiger partial charge in [-0.2, -0.15) is 0 Å². The molecule has 1 N–H and O–H groups in total. The first kappa shape index (κ1) is 15.7. The van der Waals surface area contributed by atoms with E-state index in [1.54, 1.807) is 12.1 Å². The van der Waals surface area contributed by atoms with Gasteiger partial charge in [0, 0.05) is 11.8 Å². The molecule has 0 aliphatic carbocycles. The van der Waals surface area contributed by atoms with E-state index in [1.165, 1.54) is 11.0 Å². The number of hydrogen-bond acceptors (Lipinski definition) is 5. The predicted molar refractivity (Wildman–Crippen MR) is 89.2 cm³/mol. The van der Waals surface area contributed by atoms with Crippen molar-refractivity contribution in [3.8, 4) is 11.4 Å². The molecule has 0 unspecified atom stereocenters. The van der Waals surface area contributed by atoms with Crippen molar-refractivity contribution in [2.75, 3.05) is 11.9 Å². The molecule has 7 nitrogen and oxygen atoms in total. The van der Waals surface area contributed by atoms with Crippen molar-refractivity contribution in [3.05, 3.63) is 59.9 Å². The van der Waals surface area contributed by atoms with Crippen LogP contribution in [0.3, 0.4) is 0 Å². The molecule has 0 saturated heterocycles. The summed E-state index contributed by atoms with van der Waals surface area (Å²) in [7, 11) is 0. The Morgan fingerprint density at radius 2 is 1.96 bits per heavy atom. The molecule has 2 aromatic carbocycles. The van der Waals surface area contributed by atoms with Gasteiger partial charge < -0.3 is 10.1 Å². The average Bonchev–Trinajstić information content (AvgIpc) is 3.07. The van der Waals surface area contributed by atoms with Crippen LogP contribution in [0.5, 0.6) is 5.75 Å². The largest absolute Gasteiger partial charge is 0.484 e. The van der Waals surface area contributed by atoms with E-state index >= 15 is 0 Å². The lowest BCUT2D eigenvalue weighted by atomic mass is 10.1. The van der Waals surface area contributed by atoms with E-state index in [4.69, 9.17) is 4.74 Å². The molecule has 0 spiro atoms. The van der Waals surface area contributed by atoms with E-state index in [9.17, 15) is 4.79 Å². The zero-order valence-corrected chi connectivity index (χ0v) is 13.4. The Morgan fingerprint density at radius 3 is 2.67 bits per heavy atom. The first-order valence-electron chi connectivity index (χ1n) is 7.44. The summed E-state index contributed by atoms with van der Waals surface area (Å²) in [6, 6.07) is 13.1. The maximum Gasteiger partial charge on any atom is 0.262 e. The number of amides is 1. The lowest BCUT2D eigenvalue weighted by molar-refractivity contribution is -0.118. The number of aryl methyl sites for hydroxylation is 2. The number of carbonyl (C=O) groups excluding carboxylic acids is 1. The second-order valence-electron chi connectivity index (χ2n) is 5.46. The molecule has 0 radical (unpaired) electrons. The third kappa shape index (κ3) is 3.95. The minimum Gasteiger partial charge on any atom is -0.484 e. The van der Waals surface area contributed by atoms with Gasteiger partial charge >= 0.3 is 0 Å². The van der Waals surface area contributed by atoms with Gasteiger partial charge in [0.15, 0.2) is 6.61 Å². The van der Waals surface area contributed by atoms with Gasteiger partial charge in [-0.1, -0.05) is 12.1 Å². The summed E-state index contributed by atoms with van der Waals surface area (Å²) < 4.78 is 7.06. The molecule has 0 aliphatic heterocycles. The molecule has 0 saturated carbocycles. The van der Waals surface area contributed by atoms with Crippen molar-refractivity contribution >= 4 is 11.6 Å². The fourth-order valence-electron chi connectivity index (χ4n) is 2.39. The number of hydrogen-bond donors (Lipinski definition) is 1. The Labute approximate surface area is 139 Å². The van der Waals surface area contributed by atoms with Gasteiger partial charge in [0.25, 0.3) is 5.91 Å². The van der Waals surface area contributed by atoms with Gasteiger partial charge in [-0.05, 0) is 59.7 Å². The van der Waals surface area contributed by atoms with Gasteiger partial charge in [-0.15, -0.1) is 5.10 Å². The predicted octanol–water partition coefficient (Wildman–Crippen LogP) is 2.30. The minimum absolute atomic E-state index is 0.0773. The molecular formula is C17H17N5O2. The van der Waals surface area contributed by atoms with Crippen molar-refractivity contribution in [2.45, 2.75) is 13.8 Å². The lowest BCUT2D eigenvalue weighted by Crippen LogP contribution is -2.20. The smallest absolute Gasteiger partial charge is 0.262 e. The van der Waals surface area contributed by atoms with Gasteiger partial charge in [0.1, 0.15) is 12.1 Å². The van der Waals surface area contributed by atoms with Crippen molar-refractivity contribution in [2.24, 2.45) is 0 Å². The number of aromatic nitrogens is 4. The number of rotatable bonds is 5. The summed E-state index contributed by atoms with van der Waals surface area (Å²) in [5, 5.41) is 13.8. The van der Waals surface area contributed by atoms with Crippen LogP contribution in [0.1, 0.15) is 11.1 Å². The fraction of sp³-hybridized carbons (Fsp3) is 0.176. The summed E-state index contributed by atoms with van der Waals surface area (Å²) in [6.45, 7) is 3.90. The second kappa shape index (κ2) is 6.91. The van der Waals surface area contributed by atoms with E-state index in [0.29, 0.717) is 5.75 Å². The minimum atomic E-state index is -0.215. The Hall–Kier alpha value is -3.22. The molecule has 0 fully saturated rings. The number of tetrazole rings is 1. The summed E-state index contributed by atoms with van der Waals surface area (Å²) in [5.41, 5.74) is 3.72. The summed E-state index contributed by atoms with van der Waals surface area (Å²) in [6.07, 6.45) is 1.49. The Kier molecular flexibility index (Phi) is 4.51. The maximum atomic E-state index is 12.0. The maximum absolute atomic E-state index is 12.0. The highest BCUT2D eigenvalue weighted by Crippen LogP contribution is 2.16. The number of ether oxygens (including phenoxy) is 1. The topological polar surface area (TPSA) is 81.9 Å². The van der Waals surface area contributed by atoms with Crippen molar-refractivity contribution in [1.82, 2.24) is 20.2 Å². The second-order valence-corrected chi connectivity index (χ2v) is 5.46. The molecule has 1 aromatic heterocycles. The van der Waals surface area contributed by atoms with Crippen molar-refractivity contribution < 1.29 is 9.53 Å². The lowest BCUT2D eigenvalue weighted by Gasteiger charge is -2.10. The monoisotopic (exact) mass is 323 g/mol. The van der Waals surface area contributed by atoms with Gasteiger partial charge in [-0.3, -0.25) is 4.79 Å². The highest BCUT2D eigenvalue weighted by Gasteiger charge is 2.06. The van der Waals surface area contributed by atoms with Crippen LogP contribution in [-0.2, 0) is 4.79 Å².